The quantitative estimate of drug-likeness (QED) is 0.865. The van der Waals surface area contributed by atoms with Crippen molar-refractivity contribution in [3.8, 4) is 0 Å². The molecule has 0 bridgehead atoms. The van der Waals surface area contributed by atoms with E-state index in [4.69, 9.17) is 0 Å². The number of nitrogens with zero attached hydrogens (tertiary/aromatic N) is 4. The normalized spacial score (nSPS) is 25.2. The van der Waals surface area contributed by atoms with E-state index in [0.717, 1.165) is 31.8 Å². The molecule has 2 heterocycles. The first-order valence-electron chi connectivity index (χ1n) is 6.47. The fourth-order valence-electron chi connectivity index (χ4n) is 2.71. The Morgan fingerprint density at radius 1 is 1.61 bits per heavy atom. The topological polar surface area (TPSA) is 71.2 Å². The van der Waals surface area contributed by atoms with Gasteiger partial charge in [0.2, 0.25) is 0 Å². The number of likely N-dealkylation sites (tertiary alicyclic amines) is 1. The number of carbonyl (C=O) groups is 1. The smallest absolute Gasteiger partial charge is 0.321 e. The highest BCUT2D eigenvalue weighted by Gasteiger charge is 2.34. The molecular formula is C12H20N4O2. The minimum atomic E-state index is -0.732. The molecule has 1 aliphatic rings. The average Bonchev–Trinajstić information content (AvgIpc) is 2.76. The monoisotopic (exact) mass is 252 g/mol. The van der Waals surface area contributed by atoms with Crippen molar-refractivity contribution in [1.29, 1.82) is 0 Å². The van der Waals surface area contributed by atoms with Crippen LogP contribution < -0.4 is 0 Å². The van der Waals surface area contributed by atoms with E-state index in [2.05, 4.69) is 10.1 Å². The summed E-state index contributed by atoms with van der Waals surface area (Å²) in [4.78, 5) is 17.6. The number of aryl methyl sites for hydroxylation is 1. The number of aliphatic carboxylic acids is 1. The minimum absolute atomic E-state index is 0.189. The van der Waals surface area contributed by atoms with Crippen molar-refractivity contribution < 1.29 is 9.90 Å². The molecule has 0 spiro atoms. The van der Waals surface area contributed by atoms with Gasteiger partial charge in [-0.2, -0.15) is 5.10 Å². The third-order valence-electron chi connectivity index (χ3n) is 3.63. The molecule has 18 heavy (non-hydrogen) atoms. The third kappa shape index (κ3) is 2.53. The summed E-state index contributed by atoms with van der Waals surface area (Å²) in [7, 11) is 0. The van der Waals surface area contributed by atoms with Crippen LogP contribution >= 0.6 is 0 Å². The van der Waals surface area contributed by atoms with Gasteiger partial charge < -0.3 is 5.11 Å². The summed E-state index contributed by atoms with van der Waals surface area (Å²) < 4.78 is 1.82. The molecule has 2 unspecified atom stereocenters. The van der Waals surface area contributed by atoms with Crippen molar-refractivity contribution in [2.75, 3.05) is 6.54 Å². The molecule has 1 aliphatic heterocycles. The molecule has 0 aromatic carbocycles. The molecule has 1 saturated heterocycles. The van der Waals surface area contributed by atoms with E-state index >= 15 is 0 Å². The van der Waals surface area contributed by atoms with Crippen LogP contribution in [0.5, 0.6) is 0 Å². The van der Waals surface area contributed by atoms with Gasteiger partial charge in [0.15, 0.2) is 0 Å². The molecule has 2 rings (SSSR count). The SMILES string of the molecule is CCn1ncnc1CN1CCCC(C)C1C(=O)O. The van der Waals surface area contributed by atoms with Crippen LogP contribution in [0.1, 0.15) is 32.5 Å². The molecule has 0 amide bonds. The summed E-state index contributed by atoms with van der Waals surface area (Å²) in [6, 6.07) is -0.402. The van der Waals surface area contributed by atoms with Crippen LogP contribution in [0.2, 0.25) is 0 Å². The maximum atomic E-state index is 11.4. The van der Waals surface area contributed by atoms with Crippen molar-refractivity contribution in [2.45, 2.75) is 45.8 Å². The summed E-state index contributed by atoms with van der Waals surface area (Å²) in [6.45, 7) is 6.16. The van der Waals surface area contributed by atoms with Crippen LogP contribution in [0.15, 0.2) is 6.33 Å². The number of piperidine rings is 1. The van der Waals surface area contributed by atoms with Crippen molar-refractivity contribution in [3.05, 3.63) is 12.2 Å². The standard InChI is InChI=1S/C12H20N4O2/c1-3-16-10(13-8-14-16)7-15-6-4-5-9(2)11(15)12(17)18/h8-9,11H,3-7H2,1-2H3,(H,17,18). The van der Waals surface area contributed by atoms with E-state index in [0.29, 0.717) is 6.54 Å². The lowest BCUT2D eigenvalue weighted by Gasteiger charge is -2.36. The highest BCUT2D eigenvalue weighted by molar-refractivity contribution is 5.74. The Morgan fingerprint density at radius 3 is 3.06 bits per heavy atom. The molecule has 0 radical (unpaired) electrons. The van der Waals surface area contributed by atoms with Crippen LogP contribution in [0.25, 0.3) is 0 Å². The van der Waals surface area contributed by atoms with E-state index in [-0.39, 0.29) is 5.92 Å². The maximum absolute atomic E-state index is 11.4. The number of hydrogen-bond acceptors (Lipinski definition) is 4. The van der Waals surface area contributed by atoms with Crippen molar-refractivity contribution in [1.82, 2.24) is 19.7 Å². The van der Waals surface area contributed by atoms with E-state index in [1.165, 1.54) is 6.33 Å². The first-order valence-corrected chi connectivity index (χ1v) is 6.47. The molecule has 2 atom stereocenters. The van der Waals surface area contributed by atoms with Gasteiger partial charge in [-0.25, -0.2) is 9.67 Å². The van der Waals surface area contributed by atoms with Gasteiger partial charge >= 0.3 is 5.97 Å². The highest BCUT2D eigenvalue weighted by atomic mass is 16.4. The Kier molecular flexibility index (Phi) is 3.96. The van der Waals surface area contributed by atoms with Crippen molar-refractivity contribution in [3.63, 3.8) is 0 Å². The zero-order valence-corrected chi connectivity index (χ0v) is 10.9. The van der Waals surface area contributed by atoms with Gasteiger partial charge in [0.25, 0.3) is 0 Å². The largest absolute Gasteiger partial charge is 0.480 e. The first-order chi connectivity index (χ1) is 8.63. The Labute approximate surface area is 107 Å². The number of carboxylic acid groups (broad SMARTS) is 1. The molecule has 6 heteroatoms. The molecule has 1 aromatic heterocycles. The van der Waals surface area contributed by atoms with E-state index in [9.17, 15) is 9.90 Å². The second kappa shape index (κ2) is 5.48. The zero-order chi connectivity index (χ0) is 13.1. The molecule has 0 aliphatic carbocycles. The number of hydrogen-bond donors (Lipinski definition) is 1. The van der Waals surface area contributed by atoms with Crippen molar-refractivity contribution in [2.24, 2.45) is 5.92 Å². The van der Waals surface area contributed by atoms with Crippen LogP contribution in [0.4, 0.5) is 0 Å². The van der Waals surface area contributed by atoms with Gasteiger partial charge in [0, 0.05) is 6.54 Å². The molecule has 1 fully saturated rings. The molecule has 100 valence electrons. The lowest BCUT2D eigenvalue weighted by Crippen LogP contribution is -2.49. The minimum Gasteiger partial charge on any atom is -0.480 e. The van der Waals surface area contributed by atoms with Gasteiger partial charge in [-0.1, -0.05) is 6.92 Å². The Bertz CT molecular complexity index is 418. The lowest BCUT2D eigenvalue weighted by molar-refractivity contribution is -0.147. The van der Waals surface area contributed by atoms with E-state index in [1.54, 1.807) is 0 Å². The Morgan fingerprint density at radius 2 is 2.39 bits per heavy atom. The summed E-state index contributed by atoms with van der Waals surface area (Å²) in [5.41, 5.74) is 0. The van der Waals surface area contributed by atoms with Gasteiger partial charge in [-0.05, 0) is 32.2 Å². The summed E-state index contributed by atoms with van der Waals surface area (Å²) in [6.07, 6.45) is 3.56. The van der Waals surface area contributed by atoms with Gasteiger partial charge in [-0.3, -0.25) is 9.69 Å². The first kappa shape index (κ1) is 13.0. The Hall–Kier alpha value is -1.43. The van der Waals surface area contributed by atoms with Gasteiger partial charge in [-0.15, -0.1) is 0 Å². The predicted octanol–water partition coefficient (Wildman–Crippen LogP) is 0.983. The Balaban J connectivity index is 2.13. The highest BCUT2D eigenvalue weighted by Crippen LogP contribution is 2.24. The van der Waals surface area contributed by atoms with Gasteiger partial charge in [0.1, 0.15) is 18.2 Å². The number of rotatable bonds is 4. The fraction of sp³-hybridized carbons (Fsp3) is 0.750. The maximum Gasteiger partial charge on any atom is 0.321 e. The number of aromatic nitrogens is 3. The van der Waals surface area contributed by atoms with Crippen LogP contribution in [0.3, 0.4) is 0 Å². The van der Waals surface area contributed by atoms with Crippen LogP contribution in [-0.4, -0.2) is 43.3 Å². The van der Waals surface area contributed by atoms with Gasteiger partial charge in [0.05, 0.1) is 6.54 Å². The van der Waals surface area contributed by atoms with Crippen LogP contribution in [-0.2, 0) is 17.9 Å². The third-order valence-corrected chi connectivity index (χ3v) is 3.63. The molecule has 6 nitrogen and oxygen atoms in total. The van der Waals surface area contributed by atoms with E-state index in [1.807, 2.05) is 23.4 Å². The van der Waals surface area contributed by atoms with Crippen molar-refractivity contribution >= 4 is 5.97 Å². The molecule has 1 aromatic rings. The fourth-order valence-corrected chi connectivity index (χ4v) is 2.71. The van der Waals surface area contributed by atoms with Crippen LogP contribution in [0, 0.1) is 5.92 Å². The van der Waals surface area contributed by atoms with E-state index < -0.39 is 12.0 Å². The second-order valence-corrected chi connectivity index (χ2v) is 4.87. The molecule has 0 saturated carbocycles. The number of carboxylic acids is 1. The predicted molar refractivity (Wildman–Crippen MR) is 65.9 cm³/mol. The molecule has 1 N–H and O–H groups in total. The molecular weight excluding hydrogens is 232 g/mol. The summed E-state index contributed by atoms with van der Waals surface area (Å²) in [5.74, 6) is 0.303. The average molecular weight is 252 g/mol. The summed E-state index contributed by atoms with van der Waals surface area (Å²) >= 11 is 0. The zero-order valence-electron chi connectivity index (χ0n) is 10.9. The summed E-state index contributed by atoms with van der Waals surface area (Å²) in [5, 5.41) is 13.5. The second-order valence-electron chi connectivity index (χ2n) is 4.87. The lowest BCUT2D eigenvalue weighted by atomic mass is 9.91.